The first-order valence-corrected chi connectivity index (χ1v) is 9.55. The molecule has 1 aromatic heterocycles. The van der Waals surface area contributed by atoms with Crippen LogP contribution >= 0.6 is 0 Å². The molecule has 10 heteroatoms. The topological polar surface area (TPSA) is 143 Å². The van der Waals surface area contributed by atoms with E-state index in [1.54, 1.807) is 0 Å². The summed E-state index contributed by atoms with van der Waals surface area (Å²) in [7, 11) is 0. The minimum atomic E-state index is -1.91. The molecular formula is C18H29FN4O5. The van der Waals surface area contributed by atoms with E-state index in [4.69, 9.17) is 20.9 Å². The number of carbonyl (C=O) groups excluding carboxylic acids is 1. The third kappa shape index (κ3) is 4.86. The predicted molar refractivity (Wildman–Crippen MR) is 100 cm³/mol. The van der Waals surface area contributed by atoms with E-state index in [2.05, 4.69) is 11.9 Å². The van der Waals surface area contributed by atoms with Crippen LogP contribution in [0.1, 0.15) is 51.7 Å². The number of anilines is 1. The number of unbranched alkanes of at least 4 members (excludes halogenated alkanes) is 4. The van der Waals surface area contributed by atoms with Crippen molar-refractivity contribution in [2.75, 3.05) is 18.9 Å². The minimum absolute atomic E-state index is 0.0204. The molecule has 0 spiro atoms. The third-order valence-electron chi connectivity index (χ3n) is 4.92. The van der Waals surface area contributed by atoms with Crippen LogP contribution in [0.15, 0.2) is 17.1 Å². The van der Waals surface area contributed by atoms with Crippen LogP contribution in [-0.4, -0.2) is 51.7 Å². The van der Waals surface area contributed by atoms with Gasteiger partial charge in [0.15, 0.2) is 18.5 Å². The molecule has 1 fully saturated rings. The van der Waals surface area contributed by atoms with Crippen LogP contribution in [0.4, 0.5) is 10.2 Å². The molecule has 0 aliphatic carbocycles. The fourth-order valence-corrected chi connectivity index (χ4v) is 3.24. The highest BCUT2D eigenvalue weighted by molar-refractivity contribution is 5.69. The van der Waals surface area contributed by atoms with Gasteiger partial charge in [-0.15, -0.1) is 0 Å². The molecule has 1 saturated heterocycles. The highest BCUT2D eigenvalue weighted by atomic mass is 19.1. The third-order valence-corrected chi connectivity index (χ3v) is 4.92. The lowest BCUT2D eigenvalue weighted by molar-refractivity contribution is -0.167. The number of esters is 1. The van der Waals surface area contributed by atoms with Crippen LogP contribution in [0.5, 0.6) is 0 Å². The van der Waals surface area contributed by atoms with Gasteiger partial charge in [-0.2, -0.15) is 4.98 Å². The number of aliphatic hydroxyl groups is 1. The zero-order valence-electron chi connectivity index (χ0n) is 16.1. The average molecular weight is 400 g/mol. The molecule has 0 bridgehead atoms. The Morgan fingerprint density at radius 3 is 2.75 bits per heavy atom. The van der Waals surface area contributed by atoms with Gasteiger partial charge in [-0.3, -0.25) is 9.36 Å². The summed E-state index contributed by atoms with van der Waals surface area (Å²) in [6, 6.07) is 1.32. The number of alkyl halides is 1. The molecule has 2 rings (SSSR count). The molecular weight excluding hydrogens is 371 g/mol. The number of hydrogen-bond acceptors (Lipinski definition) is 8. The number of aliphatic hydroxyl groups excluding tert-OH is 1. The standard InChI is InChI=1S/C18H29FN4O5/c1-2-3-4-5-6-7-13(25)27-15-14(19)16(28-18(15,10-20)11-24)23-9-8-12(21)22-17(23)26/h8-9,14-16,24H,2-7,10-11,20H2,1H3,(H2,21,22,26)/t14-,15+,16?,18-/m1/s1. The van der Waals surface area contributed by atoms with Gasteiger partial charge in [0.1, 0.15) is 11.4 Å². The van der Waals surface area contributed by atoms with Gasteiger partial charge in [-0.05, 0) is 12.5 Å². The molecule has 1 aliphatic rings. The van der Waals surface area contributed by atoms with Crippen molar-refractivity contribution >= 4 is 11.8 Å². The number of nitrogens with two attached hydrogens (primary N) is 2. The first kappa shape index (κ1) is 22.3. The number of carbonyl (C=O) groups is 1. The first-order chi connectivity index (χ1) is 13.4. The number of hydrogen-bond donors (Lipinski definition) is 3. The van der Waals surface area contributed by atoms with Crippen LogP contribution < -0.4 is 17.2 Å². The SMILES string of the molecule is CCCCCCCC(=O)O[C@H]1[C@@H](F)C(n2ccc(N)nc2=O)O[C@]1(CN)CO. The molecule has 1 unspecified atom stereocenters. The number of ether oxygens (including phenoxy) is 2. The Hall–Kier alpha value is -2.04. The van der Waals surface area contributed by atoms with E-state index in [1.807, 2.05) is 0 Å². The van der Waals surface area contributed by atoms with Crippen LogP contribution in [0.2, 0.25) is 0 Å². The van der Waals surface area contributed by atoms with Gasteiger partial charge in [0.05, 0.1) is 6.61 Å². The second-order valence-electron chi connectivity index (χ2n) is 7.00. The Bertz CT molecular complexity index is 709. The summed E-state index contributed by atoms with van der Waals surface area (Å²) in [6.07, 6.45) is 1.26. The summed E-state index contributed by atoms with van der Waals surface area (Å²) in [5, 5.41) is 9.78. The Kier molecular flexibility index (Phi) is 7.90. The minimum Gasteiger partial charge on any atom is -0.456 e. The quantitative estimate of drug-likeness (QED) is 0.384. The van der Waals surface area contributed by atoms with Gasteiger partial charge in [-0.25, -0.2) is 9.18 Å². The fourth-order valence-electron chi connectivity index (χ4n) is 3.24. The van der Waals surface area contributed by atoms with Gasteiger partial charge in [-0.1, -0.05) is 32.6 Å². The van der Waals surface area contributed by atoms with Gasteiger partial charge in [0, 0.05) is 19.2 Å². The Labute approximate surface area is 162 Å². The lowest BCUT2D eigenvalue weighted by atomic mass is 9.96. The second kappa shape index (κ2) is 9.94. The average Bonchev–Trinajstić information content (AvgIpc) is 2.94. The Balaban J connectivity index is 2.12. The summed E-state index contributed by atoms with van der Waals surface area (Å²) < 4.78 is 26.9. The molecule has 1 aliphatic heterocycles. The molecule has 1 aromatic rings. The molecule has 0 amide bonds. The summed E-state index contributed by atoms with van der Waals surface area (Å²) in [6.45, 7) is 1.12. The lowest BCUT2D eigenvalue weighted by Gasteiger charge is -2.30. The fraction of sp³-hybridized carbons (Fsp3) is 0.722. The number of nitrogen functional groups attached to an aromatic ring is 1. The first-order valence-electron chi connectivity index (χ1n) is 9.55. The van der Waals surface area contributed by atoms with Crippen molar-refractivity contribution in [3.05, 3.63) is 22.7 Å². The molecule has 0 radical (unpaired) electrons. The molecule has 4 atom stereocenters. The summed E-state index contributed by atoms with van der Waals surface area (Å²) >= 11 is 0. The van der Waals surface area contributed by atoms with Crippen molar-refractivity contribution in [1.29, 1.82) is 0 Å². The predicted octanol–water partition coefficient (Wildman–Crippen LogP) is 0.655. The highest BCUT2D eigenvalue weighted by Gasteiger charge is 2.58. The number of nitrogens with zero attached hydrogens (tertiary/aromatic N) is 2. The number of aromatic nitrogens is 2. The maximum absolute atomic E-state index is 15.1. The van der Waals surface area contributed by atoms with Crippen LogP contribution in [-0.2, 0) is 14.3 Å². The maximum Gasteiger partial charge on any atom is 0.351 e. The van der Waals surface area contributed by atoms with Crippen molar-refractivity contribution in [2.45, 2.75) is 69.6 Å². The van der Waals surface area contributed by atoms with E-state index in [9.17, 15) is 14.7 Å². The number of rotatable bonds is 10. The van der Waals surface area contributed by atoms with Crippen molar-refractivity contribution in [3.8, 4) is 0 Å². The van der Waals surface area contributed by atoms with E-state index in [1.165, 1.54) is 12.3 Å². The summed E-state index contributed by atoms with van der Waals surface area (Å²) in [4.78, 5) is 27.8. The van der Waals surface area contributed by atoms with E-state index < -0.39 is 42.4 Å². The van der Waals surface area contributed by atoms with Crippen molar-refractivity contribution in [3.63, 3.8) is 0 Å². The van der Waals surface area contributed by atoms with Crippen molar-refractivity contribution in [2.24, 2.45) is 5.73 Å². The molecule has 9 nitrogen and oxygen atoms in total. The molecule has 158 valence electrons. The second-order valence-corrected chi connectivity index (χ2v) is 7.00. The molecule has 2 heterocycles. The van der Waals surface area contributed by atoms with Gasteiger partial charge >= 0.3 is 11.7 Å². The molecule has 0 aromatic carbocycles. The van der Waals surface area contributed by atoms with Crippen LogP contribution in [0.3, 0.4) is 0 Å². The van der Waals surface area contributed by atoms with Crippen molar-refractivity contribution < 1.29 is 23.8 Å². The van der Waals surface area contributed by atoms with Crippen LogP contribution in [0.25, 0.3) is 0 Å². The highest BCUT2D eigenvalue weighted by Crippen LogP contribution is 2.40. The molecule has 28 heavy (non-hydrogen) atoms. The molecule has 5 N–H and O–H groups in total. The summed E-state index contributed by atoms with van der Waals surface area (Å²) in [5.41, 5.74) is 8.68. The smallest absolute Gasteiger partial charge is 0.351 e. The van der Waals surface area contributed by atoms with E-state index >= 15 is 4.39 Å². The van der Waals surface area contributed by atoms with Gasteiger partial charge in [0.2, 0.25) is 0 Å². The van der Waals surface area contributed by atoms with Gasteiger partial charge in [0.25, 0.3) is 0 Å². The van der Waals surface area contributed by atoms with Crippen molar-refractivity contribution in [1.82, 2.24) is 9.55 Å². The normalized spacial score (nSPS) is 27.1. The lowest BCUT2D eigenvalue weighted by Crippen LogP contribution is -2.53. The molecule has 0 saturated carbocycles. The van der Waals surface area contributed by atoms with Gasteiger partial charge < -0.3 is 26.0 Å². The Morgan fingerprint density at radius 1 is 1.43 bits per heavy atom. The Morgan fingerprint density at radius 2 is 2.14 bits per heavy atom. The largest absolute Gasteiger partial charge is 0.456 e. The zero-order chi connectivity index (χ0) is 20.7. The van der Waals surface area contributed by atoms with E-state index in [0.29, 0.717) is 6.42 Å². The van der Waals surface area contributed by atoms with E-state index in [-0.39, 0.29) is 18.8 Å². The monoisotopic (exact) mass is 400 g/mol. The van der Waals surface area contributed by atoms with E-state index in [0.717, 1.165) is 30.3 Å². The summed E-state index contributed by atoms with van der Waals surface area (Å²) in [5.74, 6) is -0.615. The number of halogens is 1. The zero-order valence-corrected chi connectivity index (χ0v) is 16.1. The van der Waals surface area contributed by atoms with Crippen LogP contribution in [0, 0.1) is 0 Å². The maximum atomic E-state index is 15.1.